The summed E-state index contributed by atoms with van der Waals surface area (Å²) in [6.45, 7) is 9.82. The number of hydrogen-bond donors (Lipinski definition) is 1. The van der Waals surface area contributed by atoms with E-state index in [-0.39, 0.29) is 11.5 Å². The third kappa shape index (κ3) is 3.57. The summed E-state index contributed by atoms with van der Waals surface area (Å²) >= 11 is 6.20. The van der Waals surface area contributed by atoms with Crippen LogP contribution in [0.3, 0.4) is 0 Å². The predicted octanol–water partition coefficient (Wildman–Crippen LogP) is 3.33. The first-order valence-corrected chi connectivity index (χ1v) is 7.16. The second kappa shape index (κ2) is 5.63. The van der Waals surface area contributed by atoms with Crippen molar-refractivity contribution in [3.05, 3.63) is 16.5 Å². The number of halogens is 1. The van der Waals surface area contributed by atoms with E-state index in [0.29, 0.717) is 5.15 Å². The van der Waals surface area contributed by atoms with Crippen molar-refractivity contribution in [1.82, 2.24) is 9.97 Å². The Bertz CT molecular complexity index is 451. The SMILES string of the molecule is Cc1c(Cl)nc(C(C)(C)C)nc1NCC1CCCO1. The quantitative estimate of drug-likeness (QED) is 0.865. The Hall–Kier alpha value is -0.870. The summed E-state index contributed by atoms with van der Waals surface area (Å²) < 4.78 is 5.60. The molecule has 19 heavy (non-hydrogen) atoms. The number of hydrogen-bond acceptors (Lipinski definition) is 4. The van der Waals surface area contributed by atoms with Gasteiger partial charge in [0.25, 0.3) is 0 Å². The summed E-state index contributed by atoms with van der Waals surface area (Å²) in [6, 6.07) is 0. The molecule has 1 unspecified atom stereocenters. The third-order valence-electron chi connectivity index (χ3n) is 3.28. The van der Waals surface area contributed by atoms with Crippen molar-refractivity contribution >= 4 is 17.4 Å². The van der Waals surface area contributed by atoms with E-state index in [0.717, 1.165) is 43.2 Å². The molecular weight excluding hydrogens is 262 g/mol. The zero-order valence-corrected chi connectivity index (χ0v) is 12.8. The summed E-state index contributed by atoms with van der Waals surface area (Å²) in [5, 5.41) is 3.87. The van der Waals surface area contributed by atoms with Gasteiger partial charge < -0.3 is 10.1 Å². The van der Waals surface area contributed by atoms with E-state index in [9.17, 15) is 0 Å². The number of aromatic nitrogens is 2. The number of nitrogens with one attached hydrogen (secondary N) is 1. The molecule has 1 saturated heterocycles. The molecule has 0 aliphatic carbocycles. The second-order valence-electron chi connectivity index (χ2n) is 6.08. The van der Waals surface area contributed by atoms with Crippen LogP contribution in [0.25, 0.3) is 0 Å². The zero-order chi connectivity index (χ0) is 14.0. The smallest absolute Gasteiger partial charge is 0.137 e. The minimum Gasteiger partial charge on any atom is -0.376 e. The highest BCUT2D eigenvalue weighted by atomic mass is 35.5. The maximum Gasteiger partial charge on any atom is 0.137 e. The third-order valence-corrected chi connectivity index (χ3v) is 3.65. The first-order chi connectivity index (χ1) is 8.88. The van der Waals surface area contributed by atoms with Crippen molar-refractivity contribution < 1.29 is 4.74 Å². The fourth-order valence-corrected chi connectivity index (χ4v) is 2.18. The Morgan fingerprint density at radius 2 is 2.11 bits per heavy atom. The molecule has 1 aromatic heterocycles. The Kier molecular flexibility index (Phi) is 4.31. The predicted molar refractivity (Wildman–Crippen MR) is 77.9 cm³/mol. The minimum absolute atomic E-state index is 0.113. The Labute approximate surface area is 119 Å². The lowest BCUT2D eigenvalue weighted by Gasteiger charge is -2.20. The maximum atomic E-state index is 6.20. The van der Waals surface area contributed by atoms with Gasteiger partial charge in [-0.05, 0) is 19.8 Å². The summed E-state index contributed by atoms with van der Waals surface area (Å²) in [5.41, 5.74) is 0.783. The molecule has 0 bridgehead atoms. The van der Waals surface area contributed by atoms with Crippen molar-refractivity contribution in [2.24, 2.45) is 0 Å². The molecule has 0 amide bonds. The molecule has 0 spiro atoms. The van der Waals surface area contributed by atoms with Gasteiger partial charge in [0.2, 0.25) is 0 Å². The van der Waals surface area contributed by atoms with Crippen LogP contribution >= 0.6 is 11.6 Å². The van der Waals surface area contributed by atoms with Crippen LogP contribution in [0.5, 0.6) is 0 Å². The van der Waals surface area contributed by atoms with Gasteiger partial charge in [-0.2, -0.15) is 0 Å². The summed E-state index contributed by atoms with van der Waals surface area (Å²) in [5.74, 6) is 1.58. The van der Waals surface area contributed by atoms with Crippen LogP contribution < -0.4 is 5.32 Å². The van der Waals surface area contributed by atoms with E-state index < -0.39 is 0 Å². The van der Waals surface area contributed by atoms with Crippen LogP contribution in [0, 0.1) is 6.92 Å². The fraction of sp³-hybridized carbons (Fsp3) is 0.714. The molecule has 1 N–H and O–H groups in total. The fourth-order valence-electron chi connectivity index (χ4n) is 2.01. The van der Waals surface area contributed by atoms with Crippen LogP contribution in [0.4, 0.5) is 5.82 Å². The van der Waals surface area contributed by atoms with Gasteiger partial charge in [-0.25, -0.2) is 9.97 Å². The summed E-state index contributed by atoms with van der Waals surface area (Å²) in [6.07, 6.45) is 2.53. The lowest BCUT2D eigenvalue weighted by Crippen LogP contribution is -2.22. The Morgan fingerprint density at radius 3 is 2.68 bits per heavy atom. The van der Waals surface area contributed by atoms with Crippen LogP contribution in [-0.4, -0.2) is 29.2 Å². The normalized spacial score (nSPS) is 19.7. The van der Waals surface area contributed by atoms with Crippen molar-refractivity contribution in [2.75, 3.05) is 18.5 Å². The molecule has 2 heterocycles. The van der Waals surface area contributed by atoms with Gasteiger partial charge in [0.15, 0.2) is 0 Å². The highest BCUT2D eigenvalue weighted by Crippen LogP contribution is 2.26. The van der Waals surface area contributed by atoms with Crippen LogP contribution in [0.2, 0.25) is 5.15 Å². The van der Waals surface area contributed by atoms with Gasteiger partial charge in [0.05, 0.1) is 6.10 Å². The van der Waals surface area contributed by atoms with Gasteiger partial charge >= 0.3 is 0 Å². The molecule has 1 aliphatic rings. The largest absolute Gasteiger partial charge is 0.376 e. The molecule has 2 rings (SSSR count). The molecule has 0 saturated carbocycles. The van der Waals surface area contributed by atoms with Crippen LogP contribution in [0.15, 0.2) is 0 Å². The molecule has 4 nitrogen and oxygen atoms in total. The van der Waals surface area contributed by atoms with Crippen LogP contribution in [-0.2, 0) is 10.2 Å². The van der Waals surface area contributed by atoms with Gasteiger partial charge in [-0.1, -0.05) is 32.4 Å². The maximum absolute atomic E-state index is 6.20. The Morgan fingerprint density at radius 1 is 1.37 bits per heavy atom. The number of anilines is 1. The molecule has 5 heteroatoms. The average Bonchev–Trinajstić information content (AvgIpc) is 2.82. The molecule has 0 radical (unpaired) electrons. The van der Waals surface area contributed by atoms with Gasteiger partial charge in [-0.15, -0.1) is 0 Å². The van der Waals surface area contributed by atoms with Gasteiger partial charge in [0.1, 0.15) is 16.8 Å². The van der Waals surface area contributed by atoms with E-state index in [2.05, 4.69) is 36.1 Å². The molecule has 1 atom stereocenters. The van der Waals surface area contributed by atoms with E-state index in [1.165, 1.54) is 0 Å². The minimum atomic E-state index is -0.113. The van der Waals surface area contributed by atoms with Gasteiger partial charge in [-0.3, -0.25) is 0 Å². The van der Waals surface area contributed by atoms with Crippen molar-refractivity contribution in [1.29, 1.82) is 0 Å². The molecular formula is C14H22ClN3O. The lowest BCUT2D eigenvalue weighted by molar-refractivity contribution is 0.120. The molecule has 1 aliphatic heterocycles. The summed E-state index contributed by atoms with van der Waals surface area (Å²) in [4.78, 5) is 8.97. The second-order valence-corrected chi connectivity index (χ2v) is 6.44. The highest BCUT2D eigenvalue weighted by molar-refractivity contribution is 6.30. The average molecular weight is 284 g/mol. The molecule has 1 fully saturated rings. The first kappa shape index (κ1) is 14.5. The molecule has 0 aromatic carbocycles. The van der Waals surface area contributed by atoms with E-state index in [1.54, 1.807) is 0 Å². The van der Waals surface area contributed by atoms with Crippen molar-refractivity contribution in [2.45, 2.75) is 52.1 Å². The number of rotatable bonds is 3. The van der Waals surface area contributed by atoms with E-state index >= 15 is 0 Å². The van der Waals surface area contributed by atoms with Crippen molar-refractivity contribution in [3.8, 4) is 0 Å². The van der Waals surface area contributed by atoms with E-state index in [4.69, 9.17) is 16.3 Å². The number of ether oxygens (including phenoxy) is 1. The first-order valence-electron chi connectivity index (χ1n) is 6.78. The topological polar surface area (TPSA) is 47.0 Å². The van der Waals surface area contributed by atoms with E-state index in [1.807, 2.05) is 6.92 Å². The number of nitrogens with zero attached hydrogens (tertiary/aromatic N) is 2. The molecule has 106 valence electrons. The van der Waals surface area contributed by atoms with Crippen LogP contribution in [0.1, 0.15) is 45.0 Å². The zero-order valence-electron chi connectivity index (χ0n) is 12.1. The lowest BCUT2D eigenvalue weighted by atomic mass is 9.95. The monoisotopic (exact) mass is 283 g/mol. The van der Waals surface area contributed by atoms with Crippen molar-refractivity contribution in [3.63, 3.8) is 0 Å². The standard InChI is InChI=1S/C14H22ClN3O/c1-9-11(15)17-13(14(2,3)4)18-12(9)16-8-10-6-5-7-19-10/h10H,5-8H2,1-4H3,(H,16,17,18). The highest BCUT2D eigenvalue weighted by Gasteiger charge is 2.21. The van der Waals surface area contributed by atoms with Gasteiger partial charge in [0, 0.05) is 24.1 Å². The molecule has 1 aromatic rings. The summed E-state index contributed by atoms with van der Waals surface area (Å²) in [7, 11) is 0. The Balaban J connectivity index is 2.16.